The average molecular weight is 285 g/mol. The van der Waals surface area contributed by atoms with Gasteiger partial charge in [-0.3, -0.25) is 5.32 Å². The first-order valence-electron chi connectivity index (χ1n) is 7.18. The molecule has 4 fully saturated rings. The van der Waals surface area contributed by atoms with Crippen LogP contribution in [-0.4, -0.2) is 46.9 Å². The number of hydrogen-bond donors (Lipinski definition) is 2. The van der Waals surface area contributed by atoms with Crippen LogP contribution in [0.3, 0.4) is 0 Å². The van der Waals surface area contributed by atoms with Crippen LogP contribution >= 0.6 is 0 Å². The van der Waals surface area contributed by atoms with Gasteiger partial charge in [0.25, 0.3) is 0 Å². The van der Waals surface area contributed by atoms with E-state index >= 15 is 0 Å². The zero-order valence-corrected chi connectivity index (χ0v) is 12.5. The lowest BCUT2D eigenvalue weighted by molar-refractivity contribution is -0.224. The minimum Gasteiger partial charge on any atom is -0.444 e. The lowest BCUT2D eigenvalue weighted by atomic mass is 9.82. The number of rotatable bonds is 1. The Kier molecular flexibility index (Phi) is 2.88. The van der Waals surface area contributed by atoms with Gasteiger partial charge in [-0.1, -0.05) is 13.8 Å². The molecule has 0 aromatic heterocycles. The molecule has 0 spiro atoms. The minimum atomic E-state index is -1.09. The maximum atomic E-state index is 12.0. The third kappa shape index (κ3) is 1.78. The molecule has 6 heteroatoms. The summed E-state index contributed by atoms with van der Waals surface area (Å²) in [6.45, 7) is 9.38. The summed E-state index contributed by atoms with van der Waals surface area (Å²) in [4.78, 5) is 12.0. The monoisotopic (exact) mass is 285 g/mol. The summed E-state index contributed by atoms with van der Waals surface area (Å²) in [5.41, 5.74) is -1.68. The molecule has 0 saturated carbocycles. The SMILES string of the molecule is C[C@H]1[C@@H]2O[C@]3(NC(=O)OC(C)(C)C)[C@@H](C)[C@H]1O[C@H]2[C@@H]3O. The van der Waals surface area contributed by atoms with Crippen molar-refractivity contribution >= 4 is 6.09 Å². The molecule has 1 amide bonds. The number of ether oxygens (including phenoxy) is 3. The van der Waals surface area contributed by atoms with Crippen molar-refractivity contribution in [2.75, 3.05) is 0 Å². The number of hydrogen-bond acceptors (Lipinski definition) is 5. The molecule has 7 atom stereocenters. The van der Waals surface area contributed by atoms with E-state index in [1.54, 1.807) is 20.8 Å². The second kappa shape index (κ2) is 4.08. The van der Waals surface area contributed by atoms with Crippen LogP contribution in [0.2, 0.25) is 0 Å². The van der Waals surface area contributed by atoms with Gasteiger partial charge in [0, 0.05) is 11.8 Å². The van der Waals surface area contributed by atoms with E-state index in [9.17, 15) is 9.90 Å². The number of carbonyl (C=O) groups excluding carboxylic acids is 1. The van der Waals surface area contributed by atoms with Gasteiger partial charge < -0.3 is 19.3 Å². The van der Waals surface area contributed by atoms with Crippen molar-refractivity contribution in [3.63, 3.8) is 0 Å². The van der Waals surface area contributed by atoms with Gasteiger partial charge in [-0.05, 0) is 20.8 Å². The van der Waals surface area contributed by atoms with E-state index in [1.165, 1.54) is 0 Å². The minimum absolute atomic E-state index is 0.00270. The van der Waals surface area contributed by atoms with Crippen LogP contribution in [0, 0.1) is 11.8 Å². The molecule has 0 aromatic rings. The molecule has 4 saturated heterocycles. The number of aliphatic hydroxyl groups is 1. The van der Waals surface area contributed by atoms with Crippen LogP contribution in [0.5, 0.6) is 0 Å². The Bertz CT molecular complexity index is 432. The van der Waals surface area contributed by atoms with Gasteiger partial charge in [0.1, 0.15) is 17.8 Å². The summed E-state index contributed by atoms with van der Waals surface area (Å²) >= 11 is 0. The molecule has 0 aliphatic carbocycles. The molecule has 4 rings (SSSR count). The summed E-state index contributed by atoms with van der Waals surface area (Å²) in [6.07, 6.45) is -1.96. The van der Waals surface area contributed by atoms with Crippen molar-refractivity contribution in [2.24, 2.45) is 11.8 Å². The topological polar surface area (TPSA) is 77.0 Å². The number of amides is 1. The maximum Gasteiger partial charge on any atom is 0.409 e. The first-order valence-corrected chi connectivity index (χ1v) is 7.18. The Morgan fingerprint density at radius 1 is 1.25 bits per heavy atom. The lowest BCUT2D eigenvalue weighted by Crippen LogP contribution is -2.67. The van der Waals surface area contributed by atoms with Gasteiger partial charge in [-0.15, -0.1) is 0 Å². The fraction of sp³-hybridized carbons (Fsp3) is 0.929. The molecular formula is C14H23NO5. The third-order valence-electron chi connectivity index (χ3n) is 4.62. The lowest BCUT2D eigenvalue weighted by Gasteiger charge is -2.47. The van der Waals surface area contributed by atoms with Crippen molar-refractivity contribution in [3.8, 4) is 0 Å². The predicted molar refractivity (Wildman–Crippen MR) is 70.0 cm³/mol. The van der Waals surface area contributed by atoms with E-state index < -0.39 is 23.5 Å². The molecule has 114 valence electrons. The van der Waals surface area contributed by atoms with Crippen molar-refractivity contribution in [1.82, 2.24) is 5.32 Å². The second-order valence-corrected chi connectivity index (χ2v) is 7.16. The Morgan fingerprint density at radius 2 is 1.90 bits per heavy atom. The van der Waals surface area contributed by atoms with Crippen LogP contribution in [0.25, 0.3) is 0 Å². The largest absolute Gasteiger partial charge is 0.444 e. The molecule has 0 unspecified atom stereocenters. The maximum absolute atomic E-state index is 12.0. The molecule has 4 aliphatic heterocycles. The summed E-state index contributed by atoms with van der Waals surface area (Å²) < 4.78 is 17.1. The molecular weight excluding hydrogens is 262 g/mol. The van der Waals surface area contributed by atoms with Gasteiger partial charge in [-0.25, -0.2) is 4.79 Å². The summed E-state index contributed by atoms with van der Waals surface area (Å²) in [6, 6.07) is 0. The molecule has 4 bridgehead atoms. The van der Waals surface area contributed by atoms with E-state index in [0.29, 0.717) is 0 Å². The highest BCUT2D eigenvalue weighted by molar-refractivity contribution is 5.69. The normalized spacial score (nSPS) is 49.5. The Morgan fingerprint density at radius 3 is 2.45 bits per heavy atom. The molecule has 6 nitrogen and oxygen atoms in total. The highest BCUT2D eigenvalue weighted by Gasteiger charge is 2.71. The summed E-state index contributed by atoms with van der Waals surface area (Å²) in [7, 11) is 0. The van der Waals surface area contributed by atoms with E-state index in [1.807, 2.05) is 6.92 Å². The molecule has 0 radical (unpaired) electrons. The van der Waals surface area contributed by atoms with Gasteiger partial charge >= 0.3 is 6.09 Å². The Hall–Kier alpha value is -0.850. The zero-order chi connectivity index (χ0) is 14.9. The van der Waals surface area contributed by atoms with Crippen LogP contribution < -0.4 is 5.32 Å². The van der Waals surface area contributed by atoms with Gasteiger partial charge in [0.15, 0.2) is 5.72 Å². The molecule has 20 heavy (non-hydrogen) atoms. The van der Waals surface area contributed by atoms with Crippen molar-refractivity contribution in [1.29, 1.82) is 0 Å². The van der Waals surface area contributed by atoms with Crippen molar-refractivity contribution in [2.45, 2.75) is 70.4 Å². The highest BCUT2D eigenvalue weighted by Crippen LogP contribution is 2.54. The predicted octanol–water partition coefficient (Wildman–Crippen LogP) is 1.02. The third-order valence-corrected chi connectivity index (χ3v) is 4.62. The van der Waals surface area contributed by atoms with Crippen LogP contribution in [-0.2, 0) is 14.2 Å². The number of aliphatic hydroxyl groups excluding tert-OH is 1. The highest BCUT2D eigenvalue weighted by atomic mass is 16.6. The van der Waals surface area contributed by atoms with E-state index in [2.05, 4.69) is 12.2 Å². The second-order valence-electron chi connectivity index (χ2n) is 7.16. The van der Waals surface area contributed by atoms with Crippen molar-refractivity contribution in [3.05, 3.63) is 0 Å². The van der Waals surface area contributed by atoms with E-state index in [-0.39, 0.29) is 30.1 Å². The number of nitrogens with one attached hydrogen (secondary N) is 1. The summed E-state index contributed by atoms with van der Waals surface area (Å²) in [5, 5.41) is 13.2. The van der Waals surface area contributed by atoms with E-state index in [0.717, 1.165) is 0 Å². The van der Waals surface area contributed by atoms with Crippen LogP contribution in [0.1, 0.15) is 34.6 Å². The van der Waals surface area contributed by atoms with Crippen LogP contribution in [0.4, 0.5) is 4.79 Å². The first-order chi connectivity index (χ1) is 9.16. The standard InChI is InChI=1S/C14H23NO5/c1-6-8-7(2)14(15-12(17)20-13(3,4)5)11(16)10(18-8)9(6)19-14/h6-11,16H,1-5H3,(H,15,17)/t6-,7+,8+,9+,10-,11+,14-/m1/s1. The average Bonchev–Trinajstić information content (AvgIpc) is 2.66. The quantitative estimate of drug-likeness (QED) is 0.752. The Balaban J connectivity index is 1.81. The van der Waals surface area contributed by atoms with Gasteiger partial charge in [-0.2, -0.15) is 0 Å². The van der Waals surface area contributed by atoms with Crippen molar-refractivity contribution < 1.29 is 24.1 Å². The van der Waals surface area contributed by atoms with Gasteiger partial charge in [0.2, 0.25) is 0 Å². The fourth-order valence-electron chi connectivity index (χ4n) is 3.71. The molecule has 2 N–H and O–H groups in total. The van der Waals surface area contributed by atoms with Gasteiger partial charge in [0.05, 0.1) is 12.2 Å². The molecule has 4 aliphatic rings. The molecule has 4 heterocycles. The Labute approximate surface area is 118 Å². The van der Waals surface area contributed by atoms with E-state index in [4.69, 9.17) is 14.2 Å². The summed E-state index contributed by atoms with van der Waals surface area (Å²) in [5.74, 6) is 0.0933. The fourth-order valence-corrected chi connectivity index (χ4v) is 3.71. The number of carbonyl (C=O) groups is 1. The number of alkyl carbamates (subject to hydrolysis) is 1. The molecule has 0 aromatic carbocycles. The van der Waals surface area contributed by atoms with Crippen LogP contribution in [0.15, 0.2) is 0 Å². The zero-order valence-electron chi connectivity index (χ0n) is 12.5. The first kappa shape index (κ1) is 14.1. The smallest absolute Gasteiger partial charge is 0.409 e.